The fourth-order valence-corrected chi connectivity index (χ4v) is 6.84. The molecule has 1 atom stereocenters. The first kappa shape index (κ1) is 24.2. The Morgan fingerprint density at radius 1 is 1.11 bits per heavy atom. The molecule has 1 aromatic carbocycles. The van der Waals surface area contributed by atoms with E-state index < -0.39 is 9.84 Å². The molecule has 2 aromatic heterocycles. The highest BCUT2D eigenvalue weighted by Gasteiger charge is 2.34. The summed E-state index contributed by atoms with van der Waals surface area (Å²) in [6.07, 6.45) is 1.51. The molecule has 2 amide bonds. The van der Waals surface area contributed by atoms with Gasteiger partial charge in [0.1, 0.15) is 5.75 Å². The van der Waals surface area contributed by atoms with E-state index >= 15 is 0 Å². The van der Waals surface area contributed by atoms with E-state index in [2.05, 4.69) is 5.10 Å². The van der Waals surface area contributed by atoms with Crippen LogP contribution in [0.25, 0.3) is 22.3 Å². The van der Waals surface area contributed by atoms with Crippen LogP contribution in [0, 0.1) is 12.8 Å². The second kappa shape index (κ2) is 9.20. The van der Waals surface area contributed by atoms with Crippen LogP contribution >= 0.6 is 0 Å². The first-order valence-electron chi connectivity index (χ1n) is 12.0. The van der Waals surface area contributed by atoms with E-state index in [9.17, 15) is 18.0 Å². The van der Waals surface area contributed by atoms with Gasteiger partial charge >= 0.3 is 0 Å². The number of likely N-dealkylation sites (tertiary alicyclic amines) is 1. The van der Waals surface area contributed by atoms with Gasteiger partial charge in [-0.25, -0.2) is 18.1 Å². The molecule has 4 heterocycles. The van der Waals surface area contributed by atoms with E-state index in [1.54, 1.807) is 22.8 Å². The maximum absolute atomic E-state index is 13.8. The van der Waals surface area contributed by atoms with Crippen molar-refractivity contribution in [2.75, 3.05) is 31.7 Å². The predicted molar refractivity (Wildman–Crippen MR) is 134 cm³/mol. The number of rotatable bonds is 5. The summed E-state index contributed by atoms with van der Waals surface area (Å²) in [6, 6.07) is 8.82. The van der Waals surface area contributed by atoms with Crippen LogP contribution in [0.4, 0.5) is 0 Å². The minimum absolute atomic E-state index is 0.00156. The Bertz CT molecular complexity index is 1440. The number of nitrogens with zero attached hydrogens (tertiary/aromatic N) is 4. The number of carbonyl (C=O) groups excluding carboxylic acids is 2. The highest BCUT2D eigenvalue weighted by atomic mass is 32.2. The highest BCUT2D eigenvalue weighted by Crippen LogP contribution is 2.33. The molecule has 0 spiro atoms. The van der Waals surface area contributed by atoms with Gasteiger partial charge in [0.05, 0.1) is 47.0 Å². The lowest BCUT2D eigenvalue weighted by Gasteiger charge is -2.31. The van der Waals surface area contributed by atoms with Crippen LogP contribution in [-0.4, -0.2) is 71.6 Å². The average Bonchev–Trinajstić information content (AvgIpc) is 3.41. The molecule has 36 heavy (non-hydrogen) atoms. The largest absolute Gasteiger partial charge is 0.497 e. The number of hydrogen-bond donors (Lipinski definition) is 1. The van der Waals surface area contributed by atoms with E-state index in [0.717, 1.165) is 5.56 Å². The third-order valence-corrected chi connectivity index (χ3v) is 8.94. The number of primary amides is 1. The first-order chi connectivity index (χ1) is 17.2. The number of pyridine rings is 1. The topological polar surface area (TPSA) is 137 Å². The monoisotopic (exact) mass is 511 g/mol. The molecule has 10 nitrogen and oxygen atoms in total. The molecular weight excluding hydrogens is 482 g/mol. The Morgan fingerprint density at radius 3 is 2.39 bits per heavy atom. The van der Waals surface area contributed by atoms with Crippen LogP contribution in [0.5, 0.6) is 5.75 Å². The van der Waals surface area contributed by atoms with Gasteiger partial charge in [-0.1, -0.05) is 0 Å². The fourth-order valence-electron chi connectivity index (χ4n) is 5.15. The molecule has 2 saturated heterocycles. The van der Waals surface area contributed by atoms with Gasteiger partial charge < -0.3 is 15.4 Å². The van der Waals surface area contributed by atoms with E-state index in [1.165, 1.54) is 0 Å². The zero-order valence-electron chi connectivity index (χ0n) is 20.3. The summed E-state index contributed by atoms with van der Waals surface area (Å²) in [4.78, 5) is 32.0. The number of sulfone groups is 1. The minimum Gasteiger partial charge on any atom is -0.497 e. The molecule has 190 valence electrons. The Hall–Kier alpha value is -3.47. The van der Waals surface area contributed by atoms with Crippen molar-refractivity contribution in [2.24, 2.45) is 11.7 Å². The Morgan fingerprint density at radius 2 is 1.81 bits per heavy atom. The smallest absolute Gasteiger partial charge is 0.254 e. The van der Waals surface area contributed by atoms with Crippen molar-refractivity contribution >= 4 is 32.7 Å². The Kier molecular flexibility index (Phi) is 6.19. The first-order valence-corrected chi connectivity index (χ1v) is 13.8. The van der Waals surface area contributed by atoms with Gasteiger partial charge in [-0.15, -0.1) is 0 Å². The van der Waals surface area contributed by atoms with Crippen LogP contribution in [-0.2, 0) is 14.6 Å². The molecular formula is C25H29N5O5S. The molecule has 2 aliphatic heterocycles. The molecule has 2 aliphatic rings. The summed E-state index contributed by atoms with van der Waals surface area (Å²) in [6.45, 7) is 2.68. The van der Waals surface area contributed by atoms with Crippen LogP contribution in [0.2, 0.25) is 0 Å². The number of hydrogen-bond acceptors (Lipinski definition) is 7. The lowest BCUT2D eigenvalue weighted by Crippen LogP contribution is -2.41. The number of nitrogens with two attached hydrogens (primary N) is 1. The number of fused-ring (bicyclic) bond motifs is 1. The maximum Gasteiger partial charge on any atom is 0.254 e. The lowest BCUT2D eigenvalue weighted by molar-refractivity contribution is -0.123. The third-order valence-electron chi connectivity index (χ3n) is 7.19. The number of piperidine rings is 1. The van der Waals surface area contributed by atoms with Crippen molar-refractivity contribution in [3.63, 3.8) is 0 Å². The molecule has 3 aromatic rings. The number of benzene rings is 1. The van der Waals surface area contributed by atoms with Crippen LogP contribution < -0.4 is 10.5 Å². The number of aromatic nitrogens is 3. The second-order valence-corrected chi connectivity index (χ2v) is 11.8. The number of aryl methyl sites for hydroxylation is 1. The average molecular weight is 512 g/mol. The quantitative estimate of drug-likeness (QED) is 0.554. The Balaban J connectivity index is 1.62. The van der Waals surface area contributed by atoms with Gasteiger partial charge in [0.15, 0.2) is 15.5 Å². The zero-order valence-corrected chi connectivity index (χ0v) is 21.1. The van der Waals surface area contributed by atoms with Gasteiger partial charge in [0, 0.05) is 24.6 Å². The van der Waals surface area contributed by atoms with Crippen molar-refractivity contribution in [3.05, 3.63) is 41.6 Å². The van der Waals surface area contributed by atoms with Crippen molar-refractivity contribution in [1.82, 2.24) is 19.7 Å². The van der Waals surface area contributed by atoms with Crippen LogP contribution in [0.15, 0.2) is 30.3 Å². The lowest BCUT2D eigenvalue weighted by atomic mass is 9.95. The predicted octanol–water partition coefficient (Wildman–Crippen LogP) is 2.11. The molecule has 0 radical (unpaired) electrons. The van der Waals surface area contributed by atoms with Crippen molar-refractivity contribution in [3.8, 4) is 17.0 Å². The molecule has 0 aliphatic carbocycles. The van der Waals surface area contributed by atoms with Gasteiger partial charge in [0.25, 0.3) is 5.91 Å². The summed E-state index contributed by atoms with van der Waals surface area (Å²) in [5, 5.41) is 5.28. The van der Waals surface area contributed by atoms with Crippen molar-refractivity contribution < 1.29 is 22.7 Å². The number of methoxy groups -OCH3 is 1. The SMILES string of the molecule is COc1ccc(-c2cc(C(=O)N3CCC(C(N)=O)CC3)c3c(C)nn(C4CCS(=O)(=O)C4)c3n2)cc1. The highest BCUT2D eigenvalue weighted by molar-refractivity contribution is 7.91. The fraction of sp³-hybridized carbons (Fsp3) is 0.440. The molecule has 11 heteroatoms. The maximum atomic E-state index is 13.8. The zero-order chi connectivity index (χ0) is 25.6. The van der Waals surface area contributed by atoms with Crippen LogP contribution in [0.3, 0.4) is 0 Å². The van der Waals surface area contributed by atoms with Gasteiger partial charge in [0.2, 0.25) is 5.91 Å². The summed E-state index contributed by atoms with van der Waals surface area (Å²) < 4.78 is 31.3. The summed E-state index contributed by atoms with van der Waals surface area (Å²) in [5.41, 5.74) is 8.44. The van der Waals surface area contributed by atoms with E-state index in [-0.39, 0.29) is 35.3 Å². The number of carbonyl (C=O) groups is 2. The summed E-state index contributed by atoms with van der Waals surface area (Å²) in [7, 11) is -1.55. The summed E-state index contributed by atoms with van der Waals surface area (Å²) in [5.74, 6) is 0.0829. The molecule has 1 unspecified atom stereocenters. The molecule has 2 N–H and O–H groups in total. The van der Waals surface area contributed by atoms with Crippen LogP contribution in [0.1, 0.15) is 41.4 Å². The Labute approximate surface area is 209 Å². The third kappa shape index (κ3) is 4.43. The molecule has 2 fully saturated rings. The normalized spacial score (nSPS) is 20.1. The summed E-state index contributed by atoms with van der Waals surface area (Å²) >= 11 is 0. The van der Waals surface area contributed by atoms with E-state index in [4.69, 9.17) is 15.5 Å². The standard InChI is InChI=1S/C25H29N5O5S/c1-15-22-20(25(32)29-10-7-17(8-11-29)23(26)31)13-21(16-3-5-19(35-2)6-4-16)27-24(22)30(28-15)18-9-12-36(33,34)14-18/h3-6,13,17-18H,7-12,14H2,1-2H3,(H2,26,31). The van der Waals surface area contributed by atoms with Crippen molar-refractivity contribution in [2.45, 2.75) is 32.2 Å². The van der Waals surface area contributed by atoms with Crippen molar-refractivity contribution in [1.29, 1.82) is 0 Å². The second-order valence-electron chi connectivity index (χ2n) is 9.54. The number of ether oxygens (including phenoxy) is 1. The van der Waals surface area contributed by atoms with Gasteiger partial charge in [-0.2, -0.15) is 5.10 Å². The van der Waals surface area contributed by atoms with Gasteiger partial charge in [-0.05, 0) is 56.5 Å². The van der Waals surface area contributed by atoms with Gasteiger partial charge in [-0.3, -0.25) is 9.59 Å². The number of amides is 2. The molecule has 0 saturated carbocycles. The van der Waals surface area contributed by atoms with E-state index in [1.807, 2.05) is 31.2 Å². The minimum atomic E-state index is -3.14. The molecule has 5 rings (SSSR count). The molecule has 0 bridgehead atoms. The van der Waals surface area contributed by atoms with E-state index in [0.29, 0.717) is 66.1 Å².